The molecule has 0 spiro atoms. The number of pyridine rings is 1. The zero-order chi connectivity index (χ0) is 17.1. The van der Waals surface area contributed by atoms with Crippen molar-refractivity contribution in [3.8, 4) is 0 Å². The highest BCUT2D eigenvalue weighted by atomic mass is 16.5. The lowest BCUT2D eigenvalue weighted by Crippen LogP contribution is -2.41. The Hall–Kier alpha value is -2.48. The van der Waals surface area contributed by atoms with Crippen LogP contribution < -0.4 is 5.32 Å². The number of hydrogen-bond acceptors (Lipinski definition) is 5. The first kappa shape index (κ1) is 16.9. The summed E-state index contributed by atoms with van der Waals surface area (Å²) in [6.45, 7) is 3.81. The highest BCUT2D eigenvalue weighted by Gasteiger charge is 2.23. The number of amides is 1. The molecule has 0 saturated heterocycles. The SMILES string of the molecule is COCCC(NC(=O)c1cc(C)nc2c1c(C)nn2C)C(=O)O. The van der Waals surface area contributed by atoms with E-state index >= 15 is 0 Å². The first-order valence-corrected chi connectivity index (χ1v) is 7.18. The smallest absolute Gasteiger partial charge is 0.326 e. The Bertz CT molecular complexity index is 754. The summed E-state index contributed by atoms with van der Waals surface area (Å²) >= 11 is 0. The van der Waals surface area contributed by atoms with Gasteiger partial charge in [-0.1, -0.05) is 0 Å². The van der Waals surface area contributed by atoms with Gasteiger partial charge in [0.15, 0.2) is 5.65 Å². The Balaban J connectivity index is 2.39. The number of hydrogen-bond donors (Lipinski definition) is 2. The zero-order valence-electron chi connectivity index (χ0n) is 13.6. The molecule has 23 heavy (non-hydrogen) atoms. The number of methoxy groups -OCH3 is 1. The maximum Gasteiger partial charge on any atom is 0.326 e. The van der Waals surface area contributed by atoms with Gasteiger partial charge in [-0.15, -0.1) is 0 Å². The van der Waals surface area contributed by atoms with Gasteiger partial charge in [0.25, 0.3) is 5.91 Å². The summed E-state index contributed by atoms with van der Waals surface area (Å²) in [5.74, 6) is -1.56. The Morgan fingerprint density at radius 2 is 2.13 bits per heavy atom. The van der Waals surface area contributed by atoms with Gasteiger partial charge in [-0.3, -0.25) is 9.48 Å². The van der Waals surface area contributed by atoms with Gasteiger partial charge in [0.05, 0.1) is 16.6 Å². The van der Waals surface area contributed by atoms with E-state index in [0.29, 0.717) is 28.0 Å². The number of fused-ring (bicyclic) bond motifs is 1. The molecule has 0 aromatic carbocycles. The molecule has 124 valence electrons. The Kier molecular flexibility index (Phi) is 4.95. The van der Waals surface area contributed by atoms with Crippen molar-refractivity contribution in [2.45, 2.75) is 26.3 Å². The molecule has 0 fully saturated rings. The summed E-state index contributed by atoms with van der Waals surface area (Å²) in [6.07, 6.45) is 0.191. The Morgan fingerprint density at radius 3 is 2.74 bits per heavy atom. The van der Waals surface area contributed by atoms with Gasteiger partial charge in [0.2, 0.25) is 0 Å². The zero-order valence-corrected chi connectivity index (χ0v) is 13.6. The van der Waals surface area contributed by atoms with Crippen LogP contribution in [0.1, 0.15) is 28.2 Å². The molecule has 0 aliphatic heterocycles. The highest BCUT2D eigenvalue weighted by molar-refractivity contribution is 6.07. The van der Waals surface area contributed by atoms with Crippen LogP contribution in [-0.4, -0.2) is 51.5 Å². The molecule has 1 unspecified atom stereocenters. The molecular weight excluding hydrogens is 300 g/mol. The van der Waals surface area contributed by atoms with Crippen molar-refractivity contribution in [2.24, 2.45) is 7.05 Å². The average Bonchev–Trinajstić information content (AvgIpc) is 2.76. The van der Waals surface area contributed by atoms with Crippen LogP contribution in [0.2, 0.25) is 0 Å². The van der Waals surface area contributed by atoms with E-state index in [9.17, 15) is 14.7 Å². The molecule has 2 heterocycles. The number of carbonyl (C=O) groups is 2. The lowest BCUT2D eigenvalue weighted by atomic mass is 10.1. The fraction of sp³-hybridized carbons (Fsp3) is 0.467. The Labute approximate surface area is 133 Å². The third-order valence-corrected chi connectivity index (χ3v) is 3.56. The molecule has 2 rings (SSSR count). The maximum absolute atomic E-state index is 12.6. The molecule has 2 aromatic heterocycles. The minimum atomic E-state index is -1.10. The molecular formula is C15H20N4O4. The van der Waals surface area contributed by atoms with E-state index in [0.717, 1.165) is 0 Å². The van der Waals surface area contributed by atoms with Gasteiger partial charge in [0, 0.05) is 32.9 Å². The van der Waals surface area contributed by atoms with Crippen LogP contribution in [0.25, 0.3) is 11.0 Å². The predicted molar refractivity (Wildman–Crippen MR) is 83.4 cm³/mol. The molecule has 0 aliphatic carbocycles. The number of carboxylic acid groups (broad SMARTS) is 1. The standard InChI is InChI=1S/C15H20N4O4/c1-8-7-10(12-9(2)18-19(3)13(12)16-8)14(20)17-11(15(21)22)5-6-23-4/h7,11H,5-6H2,1-4H3,(H,17,20)(H,21,22). The third-order valence-electron chi connectivity index (χ3n) is 3.56. The van der Waals surface area contributed by atoms with Crippen LogP contribution >= 0.6 is 0 Å². The van der Waals surface area contributed by atoms with Crippen LogP contribution in [0.3, 0.4) is 0 Å². The quantitative estimate of drug-likeness (QED) is 0.815. The first-order chi connectivity index (χ1) is 10.8. The topological polar surface area (TPSA) is 106 Å². The number of aryl methyl sites for hydroxylation is 3. The van der Waals surface area contributed by atoms with Crippen LogP contribution in [0, 0.1) is 13.8 Å². The summed E-state index contributed by atoms with van der Waals surface area (Å²) in [6, 6.07) is 0.629. The highest BCUT2D eigenvalue weighted by Crippen LogP contribution is 2.21. The van der Waals surface area contributed by atoms with Crippen LogP contribution in [0.5, 0.6) is 0 Å². The molecule has 8 heteroatoms. The van der Waals surface area contributed by atoms with Crippen molar-refractivity contribution < 1.29 is 19.4 Å². The molecule has 0 radical (unpaired) electrons. The monoisotopic (exact) mass is 320 g/mol. The normalized spacial score (nSPS) is 12.3. The fourth-order valence-corrected chi connectivity index (χ4v) is 2.48. The molecule has 0 saturated carbocycles. The van der Waals surface area contributed by atoms with Crippen molar-refractivity contribution in [2.75, 3.05) is 13.7 Å². The molecule has 0 bridgehead atoms. The Morgan fingerprint density at radius 1 is 1.43 bits per heavy atom. The second kappa shape index (κ2) is 6.74. The summed E-state index contributed by atoms with van der Waals surface area (Å²) in [7, 11) is 3.23. The number of aromatic nitrogens is 3. The van der Waals surface area contributed by atoms with Crippen molar-refractivity contribution in [3.63, 3.8) is 0 Å². The van der Waals surface area contributed by atoms with E-state index in [4.69, 9.17) is 4.74 Å². The van der Waals surface area contributed by atoms with Gasteiger partial charge in [-0.05, 0) is 19.9 Å². The third kappa shape index (κ3) is 3.48. The largest absolute Gasteiger partial charge is 0.480 e. The lowest BCUT2D eigenvalue weighted by molar-refractivity contribution is -0.139. The summed E-state index contributed by atoms with van der Waals surface area (Å²) in [5, 5.41) is 16.7. The number of nitrogens with zero attached hydrogens (tertiary/aromatic N) is 3. The van der Waals surface area contributed by atoms with E-state index in [-0.39, 0.29) is 13.0 Å². The number of nitrogens with one attached hydrogen (secondary N) is 1. The van der Waals surface area contributed by atoms with E-state index in [2.05, 4.69) is 15.4 Å². The van der Waals surface area contributed by atoms with Crippen LogP contribution in [0.4, 0.5) is 0 Å². The molecule has 1 amide bonds. The molecule has 1 atom stereocenters. The molecule has 2 aromatic rings. The summed E-state index contributed by atoms with van der Waals surface area (Å²) in [4.78, 5) is 28.2. The van der Waals surface area contributed by atoms with E-state index in [1.807, 2.05) is 0 Å². The lowest BCUT2D eigenvalue weighted by Gasteiger charge is -2.14. The van der Waals surface area contributed by atoms with Gasteiger partial charge in [0.1, 0.15) is 6.04 Å². The molecule has 0 aliphatic rings. The number of ether oxygens (including phenoxy) is 1. The minimum Gasteiger partial charge on any atom is -0.480 e. The van der Waals surface area contributed by atoms with E-state index in [1.165, 1.54) is 7.11 Å². The van der Waals surface area contributed by atoms with Crippen molar-refractivity contribution in [1.82, 2.24) is 20.1 Å². The van der Waals surface area contributed by atoms with E-state index in [1.54, 1.807) is 31.6 Å². The number of rotatable bonds is 6. The molecule has 2 N–H and O–H groups in total. The predicted octanol–water partition coefficient (Wildman–Crippen LogP) is 0.805. The summed E-state index contributed by atoms with van der Waals surface area (Å²) in [5.41, 5.74) is 2.30. The van der Waals surface area contributed by atoms with Gasteiger partial charge >= 0.3 is 5.97 Å². The first-order valence-electron chi connectivity index (χ1n) is 7.18. The minimum absolute atomic E-state index is 0.191. The van der Waals surface area contributed by atoms with Crippen LogP contribution in [0.15, 0.2) is 6.07 Å². The molecule has 8 nitrogen and oxygen atoms in total. The van der Waals surface area contributed by atoms with Gasteiger partial charge < -0.3 is 15.2 Å². The second-order valence-corrected chi connectivity index (χ2v) is 5.36. The number of aliphatic carboxylic acids is 1. The van der Waals surface area contributed by atoms with Gasteiger partial charge in [-0.2, -0.15) is 5.10 Å². The van der Waals surface area contributed by atoms with Gasteiger partial charge in [-0.25, -0.2) is 9.78 Å². The average molecular weight is 320 g/mol. The number of carbonyl (C=O) groups excluding carboxylic acids is 1. The number of carboxylic acids is 1. The van der Waals surface area contributed by atoms with E-state index < -0.39 is 17.9 Å². The van der Waals surface area contributed by atoms with Crippen molar-refractivity contribution >= 4 is 22.9 Å². The fourth-order valence-electron chi connectivity index (χ4n) is 2.48. The summed E-state index contributed by atoms with van der Waals surface area (Å²) < 4.78 is 6.49. The van der Waals surface area contributed by atoms with Crippen molar-refractivity contribution in [3.05, 3.63) is 23.0 Å². The van der Waals surface area contributed by atoms with Crippen molar-refractivity contribution in [1.29, 1.82) is 0 Å². The van der Waals surface area contributed by atoms with Crippen LogP contribution in [-0.2, 0) is 16.6 Å². The maximum atomic E-state index is 12.6. The second-order valence-electron chi connectivity index (χ2n) is 5.36.